The van der Waals surface area contributed by atoms with Gasteiger partial charge < -0.3 is 25.4 Å². The van der Waals surface area contributed by atoms with Crippen molar-refractivity contribution >= 4 is 23.3 Å². The van der Waals surface area contributed by atoms with Crippen LogP contribution in [0.15, 0.2) is 78.9 Å². The lowest BCUT2D eigenvalue weighted by Gasteiger charge is -2.42. The Bertz CT molecular complexity index is 1190. The molecular formula is C28H33N4O4+. The molecule has 4 N–H and O–H groups in total. The van der Waals surface area contributed by atoms with Gasteiger partial charge in [0.15, 0.2) is 0 Å². The number of amides is 3. The number of benzene rings is 3. The third-order valence-electron chi connectivity index (χ3n) is 6.21. The molecule has 0 aliphatic carbocycles. The maximum atomic E-state index is 13.5. The van der Waals surface area contributed by atoms with E-state index >= 15 is 0 Å². The molecule has 3 aromatic carbocycles. The summed E-state index contributed by atoms with van der Waals surface area (Å²) in [5.74, 6) is -0.0198. The van der Waals surface area contributed by atoms with Crippen molar-refractivity contribution in [3.8, 4) is 5.75 Å². The van der Waals surface area contributed by atoms with Crippen LogP contribution in [0.1, 0.15) is 24.5 Å². The van der Waals surface area contributed by atoms with Gasteiger partial charge in [-0.15, -0.1) is 0 Å². The normalized spacial score (nSPS) is 17.6. The SMILES string of the molecule is CCOc1ccc(N2C(=O)Nc3ccccc3C2(O)C(=O)NCCC[NH+](C)Cc2ccccc2)cc1. The van der Waals surface area contributed by atoms with Crippen LogP contribution in [0.3, 0.4) is 0 Å². The number of fused-ring (bicyclic) bond motifs is 1. The molecule has 1 heterocycles. The van der Waals surface area contributed by atoms with Gasteiger partial charge in [-0.05, 0) is 37.3 Å². The largest absolute Gasteiger partial charge is 0.494 e. The average molecular weight is 490 g/mol. The molecule has 4 rings (SSSR count). The van der Waals surface area contributed by atoms with Crippen molar-refractivity contribution in [2.24, 2.45) is 0 Å². The predicted molar refractivity (Wildman–Crippen MR) is 139 cm³/mol. The molecule has 2 atom stereocenters. The van der Waals surface area contributed by atoms with Crippen molar-refractivity contribution in [1.29, 1.82) is 0 Å². The maximum Gasteiger partial charge on any atom is 0.329 e. The number of aliphatic hydroxyl groups is 1. The van der Waals surface area contributed by atoms with Crippen molar-refractivity contribution in [2.45, 2.75) is 25.6 Å². The molecule has 0 saturated carbocycles. The molecule has 1 aliphatic heterocycles. The second-order valence-corrected chi connectivity index (χ2v) is 8.89. The minimum Gasteiger partial charge on any atom is -0.494 e. The van der Waals surface area contributed by atoms with Crippen LogP contribution in [0.2, 0.25) is 0 Å². The summed E-state index contributed by atoms with van der Waals surface area (Å²) in [5.41, 5.74) is 0.117. The van der Waals surface area contributed by atoms with E-state index in [1.54, 1.807) is 48.5 Å². The Morgan fingerprint density at radius 3 is 2.47 bits per heavy atom. The van der Waals surface area contributed by atoms with E-state index in [0.717, 1.165) is 24.4 Å². The van der Waals surface area contributed by atoms with Gasteiger partial charge in [-0.25, -0.2) is 4.79 Å². The first kappa shape index (κ1) is 25.2. The first-order chi connectivity index (χ1) is 17.4. The molecule has 188 valence electrons. The molecule has 0 radical (unpaired) electrons. The molecule has 1 aliphatic rings. The lowest BCUT2D eigenvalue weighted by Crippen LogP contribution is -3.07. The molecule has 0 spiro atoms. The van der Waals surface area contributed by atoms with Crippen LogP contribution in [0.4, 0.5) is 16.2 Å². The minimum absolute atomic E-state index is 0.308. The average Bonchev–Trinajstić information content (AvgIpc) is 2.88. The number of carbonyl (C=O) groups excluding carboxylic acids is 2. The fourth-order valence-corrected chi connectivity index (χ4v) is 4.47. The fourth-order valence-electron chi connectivity index (χ4n) is 4.47. The summed E-state index contributed by atoms with van der Waals surface area (Å²) >= 11 is 0. The Labute approximate surface area is 211 Å². The van der Waals surface area contributed by atoms with Crippen molar-refractivity contribution < 1.29 is 24.3 Å². The molecule has 3 aromatic rings. The second-order valence-electron chi connectivity index (χ2n) is 8.89. The van der Waals surface area contributed by atoms with E-state index in [4.69, 9.17) is 4.74 Å². The van der Waals surface area contributed by atoms with E-state index in [0.29, 0.717) is 35.8 Å². The van der Waals surface area contributed by atoms with Gasteiger partial charge in [0.1, 0.15) is 12.3 Å². The highest BCUT2D eigenvalue weighted by Gasteiger charge is 2.51. The molecule has 0 fully saturated rings. The minimum atomic E-state index is -2.21. The quantitative estimate of drug-likeness (QED) is 0.329. The number of hydrogen-bond donors (Lipinski definition) is 4. The number of nitrogens with zero attached hydrogens (tertiary/aromatic N) is 1. The smallest absolute Gasteiger partial charge is 0.329 e. The Morgan fingerprint density at radius 2 is 1.75 bits per heavy atom. The van der Waals surface area contributed by atoms with Gasteiger partial charge in [0.25, 0.3) is 11.6 Å². The van der Waals surface area contributed by atoms with Gasteiger partial charge >= 0.3 is 6.03 Å². The monoisotopic (exact) mass is 489 g/mol. The Morgan fingerprint density at radius 1 is 1.06 bits per heavy atom. The third-order valence-corrected chi connectivity index (χ3v) is 6.21. The van der Waals surface area contributed by atoms with Gasteiger partial charge in [-0.1, -0.05) is 48.5 Å². The van der Waals surface area contributed by atoms with Gasteiger partial charge in [0.05, 0.1) is 25.9 Å². The zero-order valence-corrected chi connectivity index (χ0v) is 20.7. The lowest BCUT2D eigenvalue weighted by atomic mass is 9.94. The highest BCUT2D eigenvalue weighted by molar-refractivity contribution is 6.11. The summed E-state index contributed by atoms with van der Waals surface area (Å²) in [6.07, 6.45) is 0.720. The molecule has 2 unspecified atom stereocenters. The Kier molecular flexibility index (Phi) is 7.87. The van der Waals surface area contributed by atoms with Crippen LogP contribution in [0, 0.1) is 0 Å². The van der Waals surface area contributed by atoms with E-state index in [1.807, 2.05) is 25.1 Å². The first-order valence-electron chi connectivity index (χ1n) is 12.2. The topological polar surface area (TPSA) is 95.3 Å². The van der Waals surface area contributed by atoms with E-state index in [2.05, 4.69) is 29.8 Å². The van der Waals surface area contributed by atoms with Gasteiger partial charge in [-0.3, -0.25) is 9.69 Å². The number of urea groups is 1. The second kappa shape index (κ2) is 11.2. The number of ether oxygens (including phenoxy) is 1. The maximum absolute atomic E-state index is 13.5. The first-order valence-corrected chi connectivity index (χ1v) is 12.2. The summed E-state index contributed by atoms with van der Waals surface area (Å²) in [5, 5.41) is 17.5. The highest BCUT2D eigenvalue weighted by Crippen LogP contribution is 2.40. The molecule has 0 saturated heterocycles. The number of nitrogens with one attached hydrogen (secondary N) is 3. The van der Waals surface area contributed by atoms with Crippen LogP contribution in [0.25, 0.3) is 0 Å². The third kappa shape index (κ3) is 5.35. The van der Waals surface area contributed by atoms with Crippen molar-refractivity contribution in [2.75, 3.05) is 37.0 Å². The van der Waals surface area contributed by atoms with E-state index in [9.17, 15) is 14.7 Å². The van der Waals surface area contributed by atoms with E-state index in [-0.39, 0.29) is 0 Å². The summed E-state index contributed by atoms with van der Waals surface area (Å²) in [4.78, 5) is 29.0. The van der Waals surface area contributed by atoms with Crippen molar-refractivity contribution in [3.63, 3.8) is 0 Å². The summed E-state index contributed by atoms with van der Waals surface area (Å²) < 4.78 is 5.49. The van der Waals surface area contributed by atoms with Gasteiger partial charge in [0, 0.05) is 29.8 Å². The molecule has 36 heavy (non-hydrogen) atoms. The number of anilines is 2. The number of hydrogen-bond acceptors (Lipinski definition) is 4. The summed E-state index contributed by atoms with van der Waals surface area (Å²) in [7, 11) is 2.11. The van der Waals surface area contributed by atoms with Crippen LogP contribution >= 0.6 is 0 Å². The van der Waals surface area contributed by atoms with Crippen LogP contribution in [-0.4, -0.2) is 43.8 Å². The number of carbonyl (C=O) groups is 2. The standard InChI is InChI=1S/C28H32N4O4/c1-3-36-23-16-14-22(15-17-23)32-27(34)30-25-13-8-7-12-24(25)28(32,35)26(33)29-18-9-19-31(2)20-21-10-5-4-6-11-21/h4-8,10-17,35H,3,9,18-20H2,1-2H3,(H,29,33)(H,30,34)/p+1. The number of rotatable bonds is 10. The zero-order valence-electron chi connectivity index (χ0n) is 20.7. The van der Waals surface area contributed by atoms with Crippen LogP contribution < -0.4 is 25.2 Å². The number of para-hydroxylation sites is 1. The van der Waals surface area contributed by atoms with E-state index < -0.39 is 17.7 Å². The van der Waals surface area contributed by atoms with Crippen molar-refractivity contribution in [1.82, 2.24) is 5.32 Å². The van der Waals surface area contributed by atoms with Gasteiger partial charge in [-0.2, -0.15) is 0 Å². The lowest BCUT2D eigenvalue weighted by molar-refractivity contribution is -0.893. The summed E-state index contributed by atoms with van der Waals surface area (Å²) in [6, 6.07) is 23.2. The van der Waals surface area contributed by atoms with Crippen molar-refractivity contribution in [3.05, 3.63) is 90.0 Å². The number of quaternary nitrogens is 1. The molecular weight excluding hydrogens is 456 g/mol. The van der Waals surface area contributed by atoms with Gasteiger partial charge in [0.2, 0.25) is 0 Å². The predicted octanol–water partition coefficient (Wildman–Crippen LogP) is 2.50. The van der Waals surface area contributed by atoms with Crippen LogP contribution in [0.5, 0.6) is 5.75 Å². The Balaban J connectivity index is 1.49. The fraction of sp³-hybridized carbons (Fsp3) is 0.286. The zero-order chi connectivity index (χ0) is 25.5. The van der Waals surface area contributed by atoms with Crippen LogP contribution in [-0.2, 0) is 17.1 Å². The Hall–Kier alpha value is -3.88. The highest BCUT2D eigenvalue weighted by atomic mass is 16.5. The molecule has 3 amide bonds. The molecule has 0 aromatic heterocycles. The molecule has 0 bridgehead atoms. The molecule has 8 heteroatoms. The van der Waals surface area contributed by atoms with E-state index in [1.165, 1.54) is 10.5 Å². The summed E-state index contributed by atoms with van der Waals surface area (Å²) in [6.45, 7) is 4.48. The molecule has 8 nitrogen and oxygen atoms in total.